The van der Waals surface area contributed by atoms with Gasteiger partial charge in [-0.3, -0.25) is 4.79 Å². The minimum atomic E-state index is -1.10. The molecular weight excluding hydrogens is 214 g/mol. The molecule has 0 aromatic heterocycles. The van der Waals surface area contributed by atoms with E-state index in [9.17, 15) is 14.7 Å². The molecule has 0 spiro atoms. The van der Waals surface area contributed by atoms with Crippen molar-refractivity contribution in [2.75, 3.05) is 13.7 Å². The van der Waals surface area contributed by atoms with Crippen molar-refractivity contribution in [1.82, 2.24) is 4.90 Å². The van der Waals surface area contributed by atoms with E-state index in [1.54, 1.807) is 13.8 Å². The first kappa shape index (κ1) is 12.9. The number of carboxylic acid groups (broad SMARTS) is 1. The van der Waals surface area contributed by atoms with Crippen LogP contribution in [-0.4, -0.2) is 58.4 Å². The molecule has 0 aromatic carbocycles. The van der Waals surface area contributed by atoms with Crippen LogP contribution in [0.15, 0.2) is 0 Å². The molecule has 16 heavy (non-hydrogen) atoms. The van der Waals surface area contributed by atoms with E-state index < -0.39 is 29.6 Å². The standard InChI is InChI=1S/C10H17NO5/c1-10(2,16-3)9(15)11-5-6(12)4-7(11)8(13)14/h6-7,12H,4-5H2,1-3H3,(H,13,14)/t6-,7+/m1/s1. The number of nitrogens with zero attached hydrogens (tertiary/aromatic N) is 1. The Kier molecular flexibility index (Phi) is 3.54. The monoisotopic (exact) mass is 231 g/mol. The molecular formula is C10H17NO5. The fraction of sp³-hybridized carbons (Fsp3) is 0.800. The van der Waals surface area contributed by atoms with Crippen LogP contribution < -0.4 is 0 Å². The Morgan fingerprint density at radius 2 is 2.00 bits per heavy atom. The van der Waals surface area contributed by atoms with Crippen LogP contribution in [0, 0.1) is 0 Å². The number of carboxylic acids is 1. The third-order valence-electron chi connectivity index (χ3n) is 2.85. The van der Waals surface area contributed by atoms with E-state index in [-0.39, 0.29) is 13.0 Å². The number of ether oxygens (including phenoxy) is 1. The highest BCUT2D eigenvalue weighted by Crippen LogP contribution is 2.23. The summed E-state index contributed by atoms with van der Waals surface area (Å²) in [5.74, 6) is -1.52. The molecule has 1 aliphatic rings. The van der Waals surface area contributed by atoms with Crippen molar-refractivity contribution in [1.29, 1.82) is 0 Å². The Morgan fingerprint density at radius 1 is 1.44 bits per heavy atom. The van der Waals surface area contributed by atoms with Crippen LogP contribution in [0.5, 0.6) is 0 Å². The molecule has 1 heterocycles. The van der Waals surface area contributed by atoms with E-state index in [2.05, 4.69) is 0 Å². The lowest BCUT2D eigenvalue weighted by Crippen LogP contribution is -2.50. The molecule has 0 aliphatic carbocycles. The van der Waals surface area contributed by atoms with E-state index in [0.29, 0.717) is 0 Å². The molecule has 0 aromatic rings. The second-order valence-corrected chi connectivity index (χ2v) is 4.42. The highest BCUT2D eigenvalue weighted by Gasteiger charge is 2.43. The van der Waals surface area contributed by atoms with Crippen LogP contribution in [0.1, 0.15) is 20.3 Å². The van der Waals surface area contributed by atoms with Gasteiger partial charge < -0.3 is 19.8 Å². The summed E-state index contributed by atoms with van der Waals surface area (Å²) in [5, 5.41) is 18.4. The van der Waals surface area contributed by atoms with E-state index in [1.807, 2.05) is 0 Å². The third kappa shape index (κ3) is 2.33. The molecule has 1 aliphatic heterocycles. The summed E-state index contributed by atoms with van der Waals surface area (Å²) in [7, 11) is 1.39. The average Bonchev–Trinajstić information content (AvgIpc) is 2.59. The Balaban J connectivity index is 2.86. The van der Waals surface area contributed by atoms with Crippen molar-refractivity contribution in [2.24, 2.45) is 0 Å². The predicted octanol–water partition coefficient (Wildman–Crippen LogP) is -0.542. The topological polar surface area (TPSA) is 87.1 Å². The molecule has 0 bridgehead atoms. The number of hydrogen-bond acceptors (Lipinski definition) is 4. The van der Waals surface area contributed by atoms with Gasteiger partial charge in [-0.15, -0.1) is 0 Å². The van der Waals surface area contributed by atoms with Gasteiger partial charge in [0.25, 0.3) is 5.91 Å². The summed E-state index contributed by atoms with van der Waals surface area (Å²) < 4.78 is 5.01. The molecule has 0 unspecified atom stereocenters. The second-order valence-electron chi connectivity index (χ2n) is 4.42. The van der Waals surface area contributed by atoms with Crippen LogP contribution in [0.25, 0.3) is 0 Å². The maximum Gasteiger partial charge on any atom is 0.326 e. The van der Waals surface area contributed by atoms with Crippen LogP contribution in [-0.2, 0) is 14.3 Å². The molecule has 1 rings (SSSR count). The number of amides is 1. The number of rotatable bonds is 3. The van der Waals surface area contributed by atoms with Gasteiger partial charge in [-0.25, -0.2) is 4.79 Å². The summed E-state index contributed by atoms with van der Waals surface area (Å²) in [6.45, 7) is 3.18. The zero-order valence-electron chi connectivity index (χ0n) is 9.64. The van der Waals surface area contributed by atoms with Crippen molar-refractivity contribution in [3.63, 3.8) is 0 Å². The Labute approximate surface area is 93.8 Å². The fourth-order valence-corrected chi connectivity index (χ4v) is 1.71. The lowest BCUT2D eigenvalue weighted by molar-refractivity contribution is -0.158. The Bertz CT molecular complexity index is 302. The van der Waals surface area contributed by atoms with Gasteiger partial charge in [0.05, 0.1) is 6.10 Å². The summed E-state index contributed by atoms with van der Waals surface area (Å²) in [6, 6.07) is -0.961. The molecule has 92 valence electrons. The first-order valence-corrected chi connectivity index (χ1v) is 5.06. The number of aliphatic hydroxyl groups excluding tert-OH is 1. The smallest absolute Gasteiger partial charge is 0.326 e. The maximum atomic E-state index is 12.0. The van der Waals surface area contributed by atoms with E-state index in [0.717, 1.165) is 4.90 Å². The predicted molar refractivity (Wildman–Crippen MR) is 54.8 cm³/mol. The summed E-state index contributed by atoms with van der Waals surface area (Å²) in [5.41, 5.74) is -1.07. The van der Waals surface area contributed by atoms with E-state index >= 15 is 0 Å². The van der Waals surface area contributed by atoms with E-state index in [1.165, 1.54) is 7.11 Å². The van der Waals surface area contributed by atoms with Gasteiger partial charge >= 0.3 is 5.97 Å². The summed E-state index contributed by atoms with van der Waals surface area (Å²) in [4.78, 5) is 24.1. The summed E-state index contributed by atoms with van der Waals surface area (Å²) >= 11 is 0. The molecule has 1 saturated heterocycles. The van der Waals surface area contributed by atoms with Gasteiger partial charge in [0, 0.05) is 20.1 Å². The fourth-order valence-electron chi connectivity index (χ4n) is 1.71. The zero-order chi connectivity index (χ0) is 12.5. The number of methoxy groups -OCH3 is 1. The van der Waals surface area contributed by atoms with Gasteiger partial charge in [-0.2, -0.15) is 0 Å². The van der Waals surface area contributed by atoms with Crippen LogP contribution in [0.3, 0.4) is 0 Å². The quantitative estimate of drug-likeness (QED) is 0.681. The van der Waals surface area contributed by atoms with E-state index in [4.69, 9.17) is 9.84 Å². The number of carbonyl (C=O) groups excluding carboxylic acids is 1. The zero-order valence-corrected chi connectivity index (χ0v) is 9.64. The highest BCUT2D eigenvalue weighted by molar-refractivity contribution is 5.89. The lowest BCUT2D eigenvalue weighted by atomic mass is 10.1. The van der Waals surface area contributed by atoms with Crippen LogP contribution >= 0.6 is 0 Å². The van der Waals surface area contributed by atoms with Gasteiger partial charge in [0.2, 0.25) is 0 Å². The molecule has 2 atom stereocenters. The largest absolute Gasteiger partial charge is 0.480 e. The molecule has 6 nitrogen and oxygen atoms in total. The average molecular weight is 231 g/mol. The van der Waals surface area contributed by atoms with Gasteiger partial charge in [-0.05, 0) is 13.8 Å². The minimum Gasteiger partial charge on any atom is -0.480 e. The number of aliphatic carboxylic acids is 1. The van der Waals surface area contributed by atoms with Crippen LogP contribution in [0.4, 0.5) is 0 Å². The first-order chi connectivity index (χ1) is 7.29. The first-order valence-electron chi connectivity index (χ1n) is 5.06. The second kappa shape index (κ2) is 4.39. The van der Waals surface area contributed by atoms with Gasteiger partial charge in [0.15, 0.2) is 0 Å². The van der Waals surface area contributed by atoms with Gasteiger partial charge in [-0.1, -0.05) is 0 Å². The lowest BCUT2D eigenvalue weighted by Gasteiger charge is -2.30. The number of β-amino-alcohol motifs (C(OH)–C–C–N with tert-alkyl or cyclic N) is 1. The third-order valence-corrected chi connectivity index (χ3v) is 2.85. The Hall–Kier alpha value is -1.14. The number of carbonyl (C=O) groups is 2. The summed E-state index contributed by atoms with van der Waals surface area (Å²) in [6.07, 6.45) is -0.710. The molecule has 2 N–H and O–H groups in total. The molecule has 0 radical (unpaired) electrons. The van der Waals surface area contributed by atoms with Crippen molar-refractivity contribution in [2.45, 2.75) is 38.0 Å². The van der Waals surface area contributed by atoms with Crippen molar-refractivity contribution < 1.29 is 24.5 Å². The minimum absolute atomic E-state index is 0.0442. The highest BCUT2D eigenvalue weighted by atomic mass is 16.5. The number of likely N-dealkylation sites (tertiary alicyclic amines) is 1. The molecule has 6 heteroatoms. The van der Waals surface area contributed by atoms with Crippen molar-refractivity contribution >= 4 is 11.9 Å². The maximum absolute atomic E-state index is 12.0. The molecule has 1 fully saturated rings. The Morgan fingerprint density at radius 3 is 2.44 bits per heavy atom. The van der Waals surface area contributed by atoms with Crippen molar-refractivity contribution in [3.05, 3.63) is 0 Å². The SMILES string of the molecule is COC(C)(C)C(=O)N1C[C@H](O)C[C@H]1C(=O)O. The van der Waals surface area contributed by atoms with Crippen LogP contribution in [0.2, 0.25) is 0 Å². The normalized spacial score (nSPS) is 25.9. The number of hydrogen-bond donors (Lipinski definition) is 2. The molecule has 0 saturated carbocycles. The number of aliphatic hydroxyl groups is 1. The molecule has 1 amide bonds. The van der Waals surface area contributed by atoms with Crippen molar-refractivity contribution in [3.8, 4) is 0 Å². The van der Waals surface area contributed by atoms with Gasteiger partial charge in [0.1, 0.15) is 11.6 Å².